The van der Waals surface area contributed by atoms with Crippen LogP contribution in [0.5, 0.6) is 5.75 Å². The molecule has 0 saturated heterocycles. The van der Waals surface area contributed by atoms with Crippen LogP contribution in [-0.2, 0) is 4.79 Å². The number of amides is 1. The van der Waals surface area contributed by atoms with Crippen molar-refractivity contribution in [2.45, 2.75) is 26.0 Å². The Labute approximate surface area is 144 Å². The van der Waals surface area contributed by atoms with Crippen LogP contribution in [0.4, 0.5) is 4.39 Å². The van der Waals surface area contributed by atoms with Gasteiger partial charge >= 0.3 is 0 Å². The number of hydrogen-bond donors (Lipinski definition) is 1. The molecule has 2 aromatic rings. The monoisotopic (exact) mass is 355 g/mol. The molecule has 0 unspecified atom stereocenters. The zero-order valence-electron chi connectivity index (χ0n) is 12.6. The van der Waals surface area contributed by atoms with Gasteiger partial charge in [0.1, 0.15) is 16.6 Å². The lowest BCUT2D eigenvalue weighted by atomic mass is 10.1. The predicted octanol–water partition coefficient (Wildman–Crippen LogP) is 4.78. The van der Waals surface area contributed by atoms with Crippen LogP contribution in [0.1, 0.15) is 25.5 Å². The van der Waals surface area contributed by atoms with E-state index in [0.29, 0.717) is 10.8 Å². The number of hydrogen-bond acceptors (Lipinski definition) is 2. The van der Waals surface area contributed by atoms with Crippen LogP contribution in [0.25, 0.3) is 0 Å². The van der Waals surface area contributed by atoms with Crippen LogP contribution in [0.3, 0.4) is 0 Å². The number of benzene rings is 2. The molecule has 2 rings (SSSR count). The van der Waals surface area contributed by atoms with E-state index >= 15 is 0 Å². The summed E-state index contributed by atoms with van der Waals surface area (Å²) in [6.07, 6.45) is -0.756. The van der Waals surface area contributed by atoms with Crippen molar-refractivity contribution in [3.63, 3.8) is 0 Å². The lowest BCUT2D eigenvalue weighted by Gasteiger charge is -2.19. The highest BCUT2D eigenvalue weighted by molar-refractivity contribution is 6.42. The maximum absolute atomic E-state index is 12.9. The average molecular weight is 356 g/mol. The molecule has 3 nitrogen and oxygen atoms in total. The molecular weight excluding hydrogens is 340 g/mol. The first-order valence-electron chi connectivity index (χ1n) is 7.05. The van der Waals surface area contributed by atoms with E-state index in [4.69, 9.17) is 27.9 Å². The van der Waals surface area contributed by atoms with Gasteiger partial charge in [-0.2, -0.15) is 0 Å². The van der Waals surface area contributed by atoms with Crippen LogP contribution >= 0.6 is 23.2 Å². The zero-order valence-corrected chi connectivity index (χ0v) is 14.2. The Morgan fingerprint density at radius 3 is 2.43 bits per heavy atom. The maximum Gasteiger partial charge on any atom is 0.261 e. The molecular formula is C17H16Cl2FNO2. The van der Waals surface area contributed by atoms with Gasteiger partial charge in [-0.25, -0.2) is 4.39 Å². The Hall–Kier alpha value is -1.78. The molecule has 1 N–H and O–H groups in total. The SMILES string of the molecule is C[C@H](NC(=O)[C@@H](C)Oc1cccc(Cl)c1Cl)c1ccc(F)cc1. The highest BCUT2D eigenvalue weighted by atomic mass is 35.5. The Morgan fingerprint density at radius 1 is 1.13 bits per heavy atom. The summed E-state index contributed by atoms with van der Waals surface area (Å²) >= 11 is 11.9. The molecule has 23 heavy (non-hydrogen) atoms. The molecule has 0 bridgehead atoms. The summed E-state index contributed by atoms with van der Waals surface area (Å²) in [6, 6.07) is 10.6. The summed E-state index contributed by atoms with van der Waals surface area (Å²) in [4.78, 5) is 12.2. The van der Waals surface area contributed by atoms with E-state index in [0.717, 1.165) is 5.56 Å². The van der Waals surface area contributed by atoms with Crippen molar-refractivity contribution in [3.05, 3.63) is 63.9 Å². The smallest absolute Gasteiger partial charge is 0.261 e. The molecule has 0 heterocycles. The Morgan fingerprint density at radius 2 is 1.78 bits per heavy atom. The molecule has 0 saturated carbocycles. The largest absolute Gasteiger partial charge is 0.479 e. The van der Waals surface area contributed by atoms with E-state index in [-0.39, 0.29) is 22.8 Å². The van der Waals surface area contributed by atoms with Crippen LogP contribution in [-0.4, -0.2) is 12.0 Å². The molecule has 6 heteroatoms. The Balaban J connectivity index is 1.99. The summed E-state index contributed by atoms with van der Waals surface area (Å²) in [5.74, 6) is -0.284. The standard InChI is InChI=1S/C17H16Cl2FNO2/c1-10(12-6-8-13(20)9-7-12)21-17(22)11(2)23-15-5-3-4-14(18)16(15)19/h3-11H,1-2H3,(H,21,22)/t10-,11+/m0/s1. The minimum atomic E-state index is -0.756. The van der Waals surface area contributed by atoms with Crippen LogP contribution < -0.4 is 10.1 Å². The van der Waals surface area contributed by atoms with E-state index in [9.17, 15) is 9.18 Å². The third-order valence-corrected chi connectivity index (χ3v) is 4.12. The van der Waals surface area contributed by atoms with Gasteiger partial charge in [-0.3, -0.25) is 4.79 Å². The van der Waals surface area contributed by atoms with E-state index < -0.39 is 6.10 Å². The lowest BCUT2D eigenvalue weighted by molar-refractivity contribution is -0.127. The Kier molecular flexibility index (Phi) is 5.85. The quantitative estimate of drug-likeness (QED) is 0.838. The van der Waals surface area contributed by atoms with Crippen molar-refractivity contribution in [3.8, 4) is 5.75 Å². The first kappa shape index (κ1) is 17.6. The van der Waals surface area contributed by atoms with Gasteiger partial charge in [0.15, 0.2) is 6.10 Å². The van der Waals surface area contributed by atoms with Crippen molar-refractivity contribution in [1.82, 2.24) is 5.32 Å². The number of halogens is 3. The number of nitrogens with one attached hydrogen (secondary N) is 1. The van der Waals surface area contributed by atoms with Gasteiger partial charge in [-0.1, -0.05) is 41.4 Å². The zero-order chi connectivity index (χ0) is 17.0. The summed E-state index contributed by atoms with van der Waals surface area (Å²) < 4.78 is 18.5. The molecule has 1 amide bonds. The van der Waals surface area contributed by atoms with Crippen molar-refractivity contribution in [1.29, 1.82) is 0 Å². The highest BCUT2D eigenvalue weighted by Crippen LogP contribution is 2.32. The van der Waals surface area contributed by atoms with Gasteiger partial charge in [0.05, 0.1) is 11.1 Å². The summed E-state index contributed by atoms with van der Waals surface area (Å²) in [7, 11) is 0. The van der Waals surface area contributed by atoms with Crippen molar-refractivity contribution in [2.24, 2.45) is 0 Å². The van der Waals surface area contributed by atoms with E-state index in [2.05, 4.69) is 5.32 Å². The van der Waals surface area contributed by atoms with Gasteiger partial charge in [-0.15, -0.1) is 0 Å². The normalized spacial score (nSPS) is 13.3. The third kappa shape index (κ3) is 4.60. The van der Waals surface area contributed by atoms with Crippen LogP contribution in [0, 0.1) is 5.82 Å². The van der Waals surface area contributed by atoms with Crippen molar-refractivity contribution >= 4 is 29.1 Å². The molecule has 0 aliphatic carbocycles. The van der Waals surface area contributed by atoms with E-state index in [1.54, 1.807) is 37.3 Å². The summed E-state index contributed by atoms with van der Waals surface area (Å²) in [5.41, 5.74) is 0.799. The first-order chi connectivity index (χ1) is 10.9. The fraction of sp³-hybridized carbons (Fsp3) is 0.235. The lowest BCUT2D eigenvalue weighted by Crippen LogP contribution is -2.37. The third-order valence-electron chi connectivity index (χ3n) is 3.32. The van der Waals surface area contributed by atoms with Gasteiger partial charge in [-0.05, 0) is 43.7 Å². The van der Waals surface area contributed by atoms with E-state index in [1.807, 2.05) is 6.92 Å². The average Bonchev–Trinajstić information content (AvgIpc) is 2.52. The first-order valence-corrected chi connectivity index (χ1v) is 7.80. The van der Waals surface area contributed by atoms with Gasteiger partial charge < -0.3 is 10.1 Å². The molecule has 0 aliphatic heterocycles. The van der Waals surface area contributed by atoms with Gasteiger partial charge in [0.25, 0.3) is 5.91 Å². The fourth-order valence-corrected chi connectivity index (χ4v) is 2.32. The number of carbonyl (C=O) groups is 1. The molecule has 0 aromatic heterocycles. The molecule has 2 atom stereocenters. The molecule has 122 valence electrons. The minimum Gasteiger partial charge on any atom is -0.479 e. The summed E-state index contributed by atoms with van der Waals surface area (Å²) in [5, 5.41) is 3.43. The molecule has 0 radical (unpaired) electrons. The van der Waals surface area contributed by atoms with Gasteiger partial charge in [0, 0.05) is 0 Å². The van der Waals surface area contributed by atoms with Crippen molar-refractivity contribution in [2.75, 3.05) is 0 Å². The molecule has 0 aliphatic rings. The maximum atomic E-state index is 12.9. The van der Waals surface area contributed by atoms with Gasteiger partial charge in [0.2, 0.25) is 0 Å². The molecule has 0 spiro atoms. The summed E-state index contributed by atoms with van der Waals surface area (Å²) in [6.45, 7) is 3.42. The second kappa shape index (κ2) is 7.66. The Bertz CT molecular complexity index is 691. The molecule has 2 aromatic carbocycles. The van der Waals surface area contributed by atoms with Crippen LogP contribution in [0.2, 0.25) is 10.0 Å². The van der Waals surface area contributed by atoms with E-state index in [1.165, 1.54) is 12.1 Å². The highest BCUT2D eigenvalue weighted by Gasteiger charge is 2.19. The van der Waals surface area contributed by atoms with Crippen molar-refractivity contribution < 1.29 is 13.9 Å². The minimum absolute atomic E-state index is 0.264. The second-order valence-electron chi connectivity index (χ2n) is 5.09. The fourth-order valence-electron chi connectivity index (χ4n) is 1.98. The number of ether oxygens (including phenoxy) is 1. The number of carbonyl (C=O) groups excluding carboxylic acids is 1. The predicted molar refractivity (Wildman–Crippen MR) is 89.5 cm³/mol. The molecule has 0 fully saturated rings. The number of rotatable bonds is 5. The second-order valence-corrected chi connectivity index (χ2v) is 5.88. The topological polar surface area (TPSA) is 38.3 Å². The van der Waals surface area contributed by atoms with Crippen LogP contribution in [0.15, 0.2) is 42.5 Å².